The Morgan fingerprint density at radius 1 is 1.13 bits per heavy atom. The molecule has 2 amide bonds. The van der Waals surface area contributed by atoms with Crippen LogP contribution >= 0.6 is 0 Å². The number of urea groups is 1. The van der Waals surface area contributed by atoms with Crippen LogP contribution in [0.15, 0.2) is 30.3 Å². The van der Waals surface area contributed by atoms with Gasteiger partial charge < -0.3 is 15.5 Å². The number of hydrogen-bond acceptors (Lipinski definition) is 2. The van der Waals surface area contributed by atoms with Crippen molar-refractivity contribution in [3.8, 4) is 0 Å². The van der Waals surface area contributed by atoms with Gasteiger partial charge >= 0.3 is 6.03 Å². The second-order valence-electron chi connectivity index (χ2n) is 7.62. The zero-order valence-corrected chi connectivity index (χ0v) is 13.9. The number of carbonyl (C=O) groups excluding carboxylic acids is 1. The fourth-order valence-corrected chi connectivity index (χ4v) is 4.54. The fourth-order valence-electron chi connectivity index (χ4n) is 4.54. The van der Waals surface area contributed by atoms with Crippen molar-refractivity contribution in [3.63, 3.8) is 0 Å². The van der Waals surface area contributed by atoms with Crippen LogP contribution in [0.4, 0.5) is 4.79 Å². The topological polar surface area (TPSA) is 44.4 Å². The Kier molecular flexibility index (Phi) is 3.80. The summed E-state index contributed by atoms with van der Waals surface area (Å²) in [6, 6.07) is 12.0. The number of carbonyl (C=O) groups is 1. The maximum atomic E-state index is 12.5. The Morgan fingerprint density at radius 2 is 1.78 bits per heavy atom. The first-order chi connectivity index (χ1) is 11.2. The highest BCUT2D eigenvalue weighted by Gasteiger charge is 2.46. The second-order valence-corrected chi connectivity index (χ2v) is 7.62. The molecule has 4 rings (SSSR count). The molecule has 4 heteroatoms. The number of rotatable bonds is 3. The average Bonchev–Trinajstić information content (AvgIpc) is 3.30. The number of piperidine rings is 2. The van der Waals surface area contributed by atoms with Crippen LogP contribution in [0.2, 0.25) is 0 Å². The van der Waals surface area contributed by atoms with E-state index in [1.807, 2.05) is 18.2 Å². The van der Waals surface area contributed by atoms with Gasteiger partial charge in [0, 0.05) is 18.1 Å². The third kappa shape index (κ3) is 2.97. The minimum absolute atomic E-state index is 0.0129. The van der Waals surface area contributed by atoms with Gasteiger partial charge in [-0.25, -0.2) is 4.79 Å². The molecule has 4 nitrogen and oxygen atoms in total. The molecule has 23 heavy (non-hydrogen) atoms. The highest BCUT2D eigenvalue weighted by molar-refractivity contribution is 5.76. The Morgan fingerprint density at radius 3 is 2.39 bits per heavy atom. The standard InChI is InChI=1S/C19H27N3O/c1-22-16-8-5-9-17(22)13-15(12-16)20-18(23)21-19(10-11-19)14-6-3-2-4-7-14/h2-4,6-7,15-17H,5,8-13H2,1H3,(H2,20,21,23). The molecule has 2 saturated heterocycles. The van der Waals surface area contributed by atoms with E-state index in [-0.39, 0.29) is 11.6 Å². The summed E-state index contributed by atoms with van der Waals surface area (Å²) < 4.78 is 0. The Hall–Kier alpha value is -1.55. The number of nitrogens with zero attached hydrogens (tertiary/aromatic N) is 1. The maximum Gasteiger partial charge on any atom is 0.315 e. The third-order valence-electron chi connectivity index (χ3n) is 6.10. The summed E-state index contributed by atoms with van der Waals surface area (Å²) in [5.74, 6) is 0. The van der Waals surface area contributed by atoms with E-state index in [0.717, 1.165) is 25.7 Å². The molecule has 0 radical (unpaired) electrons. The quantitative estimate of drug-likeness (QED) is 0.901. The zero-order chi connectivity index (χ0) is 15.9. The number of hydrogen-bond donors (Lipinski definition) is 2. The molecule has 2 atom stereocenters. The van der Waals surface area contributed by atoms with Gasteiger partial charge in [-0.2, -0.15) is 0 Å². The molecule has 2 heterocycles. The van der Waals surface area contributed by atoms with E-state index in [4.69, 9.17) is 0 Å². The molecule has 3 fully saturated rings. The number of benzene rings is 1. The molecule has 1 aromatic rings. The monoisotopic (exact) mass is 313 g/mol. The van der Waals surface area contributed by atoms with Crippen molar-refractivity contribution in [1.29, 1.82) is 0 Å². The molecule has 1 saturated carbocycles. The van der Waals surface area contributed by atoms with Gasteiger partial charge in [-0.15, -0.1) is 0 Å². The molecule has 2 aliphatic heterocycles. The van der Waals surface area contributed by atoms with Crippen LogP contribution in [0.5, 0.6) is 0 Å². The first-order valence-electron chi connectivity index (χ1n) is 9.02. The van der Waals surface area contributed by atoms with Crippen molar-refractivity contribution in [2.75, 3.05) is 7.05 Å². The van der Waals surface area contributed by atoms with Crippen LogP contribution in [0.25, 0.3) is 0 Å². The van der Waals surface area contributed by atoms with E-state index < -0.39 is 0 Å². The maximum absolute atomic E-state index is 12.5. The predicted octanol–water partition coefficient (Wildman–Crippen LogP) is 2.99. The zero-order valence-electron chi connectivity index (χ0n) is 13.9. The lowest BCUT2D eigenvalue weighted by atomic mass is 9.82. The van der Waals surface area contributed by atoms with Crippen molar-refractivity contribution in [1.82, 2.24) is 15.5 Å². The van der Waals surface area contributed by atoms with Gasteiger partial charge in [0.05, 0.1) is 5.54 Å². The Balaban J connectivity index is 1.36. The van der Waals surface area contributed by atoms with Gasteiger partial charge in [0.25, 0.3) is 0 Å². The van der Waals surface area contributed by atoms with Gasteiger partial charge in [-0.05, 0) is 51.1 Å². The minimum Gasteiger partial charge on any atom is -0.335 e. The molecule has 1 aromatic carbocycles. The summed E-state index contributed by atoms with van der Waals surface area (Å²) in [5, 5.41) is 6.50. The third-order valence-corrected chi connectivity index (χ3v) is 6.10. The molecule has 124 valence electrons. The molecule has 1 aliphatic carbocycles. The van der Waals surface area contributed by atoms with Crippen molar-refractivity contribution in [2.24, 2.45) is 0 Å². The van der Waals surface area contributed by atoms with E-state index >= 15 is 0 Å². The van der Waals surface area contributed by atoms with Gasteiger partial charge in [-0.1, -0.05) is 36.8 Å². The van der Waals surface area contributed by atoms with E-state index in [2.05, 4.69) is 34.7 Å². The summed E-state index contributed by atoms with van der Waals surface area (Å²) in [7, 11) is 2.25. The highest BCUT2D eigenvalue weighted by Crippen LogP contribution is 2.45. The second kappa shape index (κ2) is 5.82. The number of amides is 2. The van der Waals surface area contributed by atoms with Crippen molar-refractivity contribution in [3.05, 3.63) is 35.9 Å². The summed E-state index contributed by atoms with van der Waals surface area (Å²) in [6.07, 6.45) is 8.18. The molecule has 2 bridgehead atoms. The molecular formula is C19H27N3O. The van der Waals surface area contributed by atoms with E-state index in [0.29, 0.717) is 18.1 Å². The summed E-state index contributed by atoms with van der Waals surface area (Å²) in [5.41, 5.74) is 1.11. The minimum atomic E-state index is -0.118. The van der Waals surface area contributed by atoms with Crippen molar-refractivity contribution >= 4 is 6.03 Å². The summed E-state index contributed by atoms with van der Waals surface area (Å²) >= 11 is 0. The first-order valence-corrected chi connectivity index (χ1v) is 9.02. The molecule has 0 spiro atoms. The smallest absolute Gasteiger partial charge is 0.315 e. The van der Waals surface area contributed by atoms with Gasteiger partial charge in [0.15, 0.2) is 0 Å². The molecule has 2 N–H and O–H groups in total. The predicted molar refractivity (Wildman–Crippen MR) is 91.2 cm³/mol. The van der Waals surface area contributed by atoms with E-state index in [9.17, 15) is 4.79 Å². The van der Waals surface area contributed by atoms with Gasteiger partial charge in [-0.3, -0.25) is 0 Å². The Bertz CT molecular complexity index is 555. The molecule has 0 aromatic heterocycles. The SMILES string of the molecule is CN1C2CCCC1CC(NC(=O)NC1(c3ccccc3)CC1)C2. The summed E-state index contributed by atoms with van der Waals surface area (Å²) in [4.78, 5) is 15.0. The molecule has 2 unspecified atom stereocenters. The Labute approximate surface area is 138 Å². The number of nitrogens with one attached hydrogen (secondary N) is 2. The van der Waals surface area contributed by atoms with Crippen LogP contribution < -0.4 is 10.6 Å². The first kappa shape index (κ1) is 15.0. The summed E-state index contributed by atoms with van der Waals surface area (Å²) in [6.45, 7) is 0. The van der Waals surface area contributed by atoms with Crippen LogP contribution in [0.1, 0.15) is 50.5 Å². The van der Waals surface area contributed by atoms with Crippen molar-refractivity contribution < 1.29 is 4.79 Å². The lowest BCUT2D eigenvalue weighted by Gasteiger charge is -2.47. The van der Waals surface area contributed by atoms with Crippen LogP contribution in [0, 0.1) is 0 Å². The van der Waals surface area contributed by atoms with E-state index in [1.165, 1.54) is 24.8 Å². The van der Waals surface area contributed by atoms with Crippen molar-refractivity contribution in [2.45, 2.75) is 68.6 Å². The normalized spacial score (nSPS) is 32.1. The van der Waals surface area contributed by atoms with Crippen LogP contribution in [-0.4, -0.2) is 36.1 Å². The fraction of sp³-hybridized carbons (Fsp3) is 0.632. The van der Waals surface area contributed by atoms with Crippen LogP contribution in [0.3, 0.4) is 0 Å². The van der Waals surface area contributed by atoms with E-state index in [1.54, 1.807) is 0 Å². The van der Waals surface area contributed by atoms with Gasteiger partial charge in [0.1, 0.15) is 0 Å². The largest absolute Gasteiger partial charge is 0.335 e. The average molecular weight is 313 g/mol. The number of fused-ring (bicyclic) bond motifs is 2. The molecular weight excluding hydrogens is 286 g/mol. The lowest BCUT2D eigenvalue weighted by Crippen LogP contribution is -2.57. The highest BCUT2D eigenvalue weighted by atomic mass is 16.2. The van der Waals surface area contributed by atoms with Gasteiger partial charge in [0.2, 0.25) is 0 Å². The lowest BCUT2D eigenvalue weighted by molar-refractivity contribution is 0.0507. The van der Waals surface area contributed by atoms with Crippen LogP contribution in [-0.2, 0) is 5.54 Å². The molecule has 3 aliphatic rings.